The summed E-state index contributed by atoms with van der Waals surface area (Å²) in [6.45, 7) is 1.81. The maximum absolute atomic E-state index is 7.70. The van der Waals surface area contributed by atoms with E-state index < -0.39 is 6.98 Å². The van der Waals surface area contributed by atoms with Crippen LogP contribution in [0.1, 0.15) is 28.0 Å². The number of anilines is 1. The Kier molecular flexibility index (Phi) is 2.11. The van der Waals surface area contributed by atoms with E-state index in [4.69, 9.17) is 9.10 Å². The second kappa shape index (κ2) is 4.63. The van der Waals surface area contributed by atoms with Gasteiger partial charge in [-0.25, -0.2) is 4.98 Å². The van der Waals surface area contributed by atoms with Gasteiger partial charge in [-0.3, -0.25) is 4.57 Å². The molecule has 0 aliphatic carbocycles. The molecule has 0 amide bonds. The van der Waals surface area contributed by atoms with Crippen LogP contribution in [0.25, 0.3) is 16.7 Å². The summed E-state index contributed by atoms with van der Waals surface area (Å²) in [6.07, 6.45) is 4.05. The maximum Gasteiger partial charge on any atom is 0.118 e. The SMILES string of the molecule is [2H]C([2H])([2H])N1C=CN(c2cc3nc4n(c3cc2C)-c2ccccc2C4)[C@H]1C. The van der Waals surface area contributed by atoms with Gasteiger partial charge >= 0.3 is 0 Å². The summed E-state index contributed by atoms with van der Waals surface area (Å²) in [4.78, 5) is 8.26. The smallest absolute Gasteiger partial charge is 0.118 e. The summed E-state index contributed by atoms with van der Waals surface area (Å²) >= 11 is 0. The summed E-state index contributed by atoms with van der Waals surface area (Å²) in [6, 6.07) is 12.6. The summed E-state index contributed by atoms with van der Waals surface area (Å²) in [5.74, 6) is 1.05. The summed E-state index contributed by atoms with van der Waals surface area (Å²) < 4.78 is 25.3. The fourth-order valence-electron chi connectivity index (χ4n) is 3.79. The Morgan fingerprint density at radius 1 is 1.17 bits per heavy atom. The zero-order chi connectivity index (χ0) is 18.9. The molecule has 5 rings (SSSR count). The van der Waals surface area contributed by atoms with E-state index in [2.05, 4.69) is 47.9 Å². The molecule has 4 nitrogen and oxygen atoms in total. The minimum absolute atomic E-state index is 0.274. The lowest BCUT2D eigenvalue weighted by atomic mass is 10.1. The normalized spacial score (nSPS) is 20.9. The second-order valence-corrected chi connectivity index (χ2v) is 6.54. The lowest BCUT2D eigenvalue weighted by molar-refractivity contribution is 0.383. The number of hydrogen-bond donors (Lipinski definition) is 0. The maximum atomic E-state index is 7.70. The van der Waals surface area contributed by atoms with Gasteiger partial charge < -0.3 is 9.80 Å². The Bertz CT molecular complexity index is 1100. The van der Waals surface area contributed by atoms with E-state index in [1.807, 2.05) is 18.0 Å². The molecule has 3 aromatic rings. The van der Waals surface area contributed by atoms with Crippen molar-refractivity contribution >= 4 is 16.7 Å². The number of benzene rings is 2. The highest BCUT2D eigenvalue weighted by Gasteiger charge is 2.25. The van der Waals surface area contributed by atoms with Crippen molar-refractivity contribution < 1.29 is 4.11 Å². The first-order valence-corrected chi connectivity index (χ1v) is 8.20. The van der Waals surface area contributed by atoms with Crippen LogP contribution < -0.4 is 4.90 Å². The molecule has 0 radical (unpaired) electrons. The number of rotatable bonds is 1. The molecule has 0 bridgehead atoms. The van der Waals surface area contributed by atoms with E-state index in [0.717, 1.165) is 34.5 Å². The monoisotopic (exact) mass is 319 g/mol. The molecule has 120 valence electrons. The standard InChI is InChI=1S/C20H20N4/c1-13-10-19-16(12-18(13)23-9-8-22(3)14(23)2)21-20-11-15-6-4-5-7-17(15)24(19)20/h4-10,12,14H,11H2,1-3H3/t14-/m0/s1/i3D3. The van der Waals surface area contributed by atoms with Gasteiger partial charge in [0.25, 0.3) is 0 Å². The van der Waals surface area contributed by atoms with Crippen LogP contribution in [0, 0.1) is 6.92 Å². The molecule has 1 atom stereocenters. The molecule has 0 unspecified atom stereocenters. The molecule has 0 saturated carbocycles. The van der Waals surface area contributed by atoms with Gasteiger partial charge in [0, 0.05) is 35.6 Å². The third-order valence-corrected chi connectivity index (χ3v) is 5.09. The van der Waals surface area contributed by atoms with Crippen LogP contribution in [0.15, 0.2) is 48.8 Å². The van der Waals surface area contributed by atoms with Crippen molar-refractivity contribution in [3.05, 3.63) is 65.7 Å². The first-order valence-electron chi connectivity index (χ1n) is 9.70. The van der Waals surface area contributed by atoms with Crippen LogP contribution in [0.4, 0.5) is 5.69 Å². The van der Waals surface area contributed by atoms with Gasteiger partial charge in [-0.1, -0.05) is 18.2 Å². The van der Waals surface area contributed by atoms with Gasteiger partial charge in [0.15, 0.2) is 0 Å². The highest BCUT2D eigenvalue weighted by molar-refractivity contribution is 5.85. The van der Waals surface area contributed by atoms with Crippen LogP contribution in [-0.4, -0.2) is 27.6 Å². The van der Waals surface area contributed by atoms with Crippen LogP contribution in [0.5, 0.6) is 0 Å². The number of nitrogens with zero attached hydrogens (tertiary/aromatic N) is 4. The Hall–Kier alpha value is -2.75. The van der Waals surface area contributed by atoms with Gasteiger partial charge in [-0.05, 0) is 43.2 Å². The number of hydrogen-bond acceptors (Lipinski definition) is 3. The van der Waals surface area contributed by atoms with Gasteiger partial charge in [-0.15, -0.1) is 0 Å². The summed E-state index contributed by atoms with van der Waals surface area (Å²) in [5, 5.41) is 0. The van der Waals surface area contributed by atoms with E-state index >= 15 is 0 Å². The predicted molar refractivity (Wildman–Crippen MR) is 97.5 cm³/mol. The van der Waals surface area contributed by atoms with E-state index in [9.17, 15) is 0 Å². The molecule has 3 heterocycles. The molecule has 0 saturated heterocycles. The van der Waals surface area contributed by atoms with E-state index in [1.165, 1.54) is 16.2 Å². The summed E-state index contributed by atoms with van der Waals surface area (Å²) in [7, 11) is 0. The molecule has 1 aromatic heterocycles. The van der Waals surface area contributed by atoms with Gasteiger partial charge in [0.1, 0.15) is 12.0 Å². The Morgan fingerprint density at radius 2 is 2.04 bits per heavy atom. The van der Waals surface area contributed by atoms with Crippen molar-refractivity contribution in [2.75, 3.05) is 11.9 Å². The van der Waals surface area contributed by atoms with E-state index in [1.54, 1.807) is 6.20 Å². The molecule has 0 fully saturated rings. The van der Waals surface area contributed by atoms with Crippen molar-refractivity contribution in [1.29, 1.82) is 0 Å². The molecule has 0 spiro atoms. The minimum atomic E-state index is -2.15. The Morgan fingerprint density at radius 3 is 2.88 bits per heavy atom. The van der Waals surface area contributed by atoms with Crippen molar-refractivity contribution in [2.45, 2.75) is 26.4 Å². The summed E-state index contributed by atoms with van der Waals surface area (Å²) in [5.41, 5.74) is 6.62. The van der Waals surface area contributed by atoms with Crippen LogP contribution in [0.2, 0.25) is 0 Å². The third-order valence-electron chi connectivity index (χ3n) is 5.09. The average molecular weight is 319 g/mol. The Balaban J connectivity index is 1.60. The number of aryl methyl sites for hydroxylation is 1. The fourth-order valence-corrected chi connectivity index (χ4v) is 3.79. The largest absolute Gasteiger partial charge is 0.359 e. The van der Waals surface area contributed by atoms with Gasteiger partial charge in [0.05, 0.1) is 16.7 Å². The quantitative estimate of drug-likeness (QED) is 0.533. The molecule has 0 N–H and O–H groups in total. The van der Waals surface area contributed by atoms with Crippen molar-refractivity contribution in [3.63, 3.8) is 0 Å². The highest BCUT2D eigenvalue weighted by atomic mass is 15.4. The molecule has 4 heteroatoms. The fraction of sp³-hybridized carbons (Fsp3) is 0.250. The molecular weight excluding hydrogens is 296 g/mol. The number of imidazole rings is 1. The van der Waals surface area contributed by atoms with Crippen molar-refractivity contribution in [3.8, 4) is 5.69 Å². The van der Waals surface area contributed by atoms with E-state index in [0.29, 0.717) is 0 Å². The second-order valence-electron chi connectivity index (χ2n) is 6.54. The van der Waals surface area contributed by atoms with E-state index in [-0.39, 0.29) is 6.17 Å². The van der Waals surface area contributed by atoms with Gasteiger partial charge in [-0.2, -0.15) is 0 Å². The molecule has 2 aliphatic rings. The third kappa shape index (κ3) is 1.71. The molecular formula is C20H20N4. The average Bonchev–Trinajstić information content (AvgIpc) is 3.25. The zero-order valence-electron chi connectivity index (χ0n) is 16.7. The molecule has 24 heavy (non-hydrogen) atoms. The lowest BCUT2D eigenvalue weighted by Crippen LogP contribution is -2.33. The topological polar surface area (TPSA) is 24.3 Å². The molecule has 2 aliphatic heterocycles. The number of fused-ring (bicyclic) bond motifs is 5. The van der Waals surface area contributed by atoms with Crippen molar-refractivity contribution in [2.24, 2.45) is 0 Å². The lowest BCUT2D eigenvalue weighted by Gasteiger charge is -2.28. The zero-order valence-corrected chi connectivity index (χ0v) is 13.7. The van der Waals surface area contributed by atoms with Crippen LogP contribution in [-0.2, 0) is 6.42 Å². The van der Waals surface area contributed by atoms with Crippen LogP contribution >= 0.6 is 0 Å². The number of para-hydroxylation sites is 1. The first kappa shape index (κ1) is 10.9. The van der Waals surface area contributed by atoms with Crippen molar-refractivity contribution in [1.82, 2.24) is 14.5 Å². The molecule has 2 aromatic carbocycles. The predicted octanol–water partition coefficient (Wildman–Crippen LogP) is 3.81. The van der Waals surface area contributed by atoms with Gasteiger partial charge in [0.2, 0.25) is 0 Å². The minimum Gasteiger partial charge on any atom is -0.359 e. The van der Waals surface area contributed by atoms with Crippen LogP contribution in [0.3, 0.4) is 0 Å². The highest BCUT2D eigenvalue weighted by Crippen LogP contribution is 2.36. The first-order chi connectivity index (χ1) is 12.8. The Labute approximate surface area is 145 Å². The number of aromatic nitrogens is 2.